The van der Waals surface area contributed by atoms with E-state index < -0.39 is 6.10 Å². The summed E-state index contributed by atoms with van der Waals surface area (Å²) >= 11 is 0. The second-order valence-corrected chi connectivity index (χ2v) is 8.72. The van der Waals surface area contributed by atoms with E-state index in [9.17, 15) is 4.79 Å². The van der Waals surface area contributed by atoms with E-state index in [0.717, 1.165) is 48.1 Å². The molecule has 32 heavy (non-hydrogen) atoms. The van der Waals surface area contributed by atoms with Crippen molar-refractivity contribution in [3.63, 3.8) is 0 Å². The number of fused-ring (bicyclic) bond motifs is 4. The van der Waals surface area contributed by atoms with Gasteiger partial charge in [-0.3, -0.25) is 9.88 Å². The van der Waals surface area contributed by atoms with E-state index in [0.29, 0.717) is 17.4 Å². The van der Waals surface area contributed by atoms with Gasteiger partial charge in [-0.2, -0.15) is 0 Å². The Labute approximate surface area is 188 Å². The van der Waals surface area contributed by atoms with E-state index in [1.807, 2.05) is 42.5 Å². The van der Waals surface area contributed by atoms with E-state index in [4.69, 9.17) is 9.47 Å². The van der Waals surface area contributed by atoms with Crippen molar-refractivity contribution in [3.8, 4) is 5.75 Å². The number of carbonyl (C=O) groups is 1. The van der Waals surface area contributed by atoms with Crippen LogP contribution in [0, 0.1) is 11.8 Å². The molecule has 0 aliphatic carbocycles. The molecule has 164 valence electrons. The van der Waals surface area contributed by atoms with Gasteiger partial charge in [0.05, 0.1) is 24.2 Å². The first kappa shape index (κ1) is 20.7. The molecule has 0 radical (unpaired) electrons. The van der Waals surface area contributed by atoms with Crippen molar-refractivity contribution in [1.29, 1.82) is 0 Å². The smallest absolute Gasteiger partial charge is 0.338 e. The van der Waals surface area contributed by atoms with Gasteiger partial charge in [0.25, 0.3) is 0 Å². The van der Waals surface area contributed by atoms with Gasteiger partial charge in [0.1, 0.15) is 11.9 Å². The molecule has 0 saturated carbocycles. The van der Waals surface area contributed by atoms with Crippen LogP contribution in [0.1, 0.15) is 34.9 Å². The number of benzene rings is 2. The van der Waals surface area contributed by atoms with Crippen LogP contribution in [0.25, 0.3) is 10.9 Å². The average molecular weight is 429 g/mol. The third-order valence-electron chi connectivity index (χ3n) is 7.04. The van der Waals surface area contributed by atoms with E-state index >= 15 is 0 Å². The van der Waals surface area contributed by atoms with Crippen molar-refractivity contribution in [2.75, 3.05) is 20.2 Å². The predicted octanol–water partition coefficient (Wildman–Crippen LogP) is 5.04. The maximum absolute atomic E-state index is 13.2. The number of pyridine rings is 1. The van der Waals surface area contributed by atoms with Crippen LogP contribution in [-0.4, -0.2) is 42.1 Å². The Bertz CT molecular complexity index is 1130. The summed E-state index contributed by atoms with van der Waals surface area (Å²) in [5.74, 6) is 1.53. The van der Waals surface area contributed by atoms with Crippen LogP contribution in [-0.2, 0) is 4.74 Å². The summed E-state index contributed by atoms with van der Waals surface area (Å²) in [7, 11) is 1.66. The molecule has 3 saturated heterocycles. The number of rotatable bonds is 6. The van der Waals surface area contributed by atoms with Gasteiger partial charge in [0, 0.05) is 23.7 Å². The van der Waals surface area contributed by atoms with Crippen LogP contribution < -0.4 is 4.74 Å². The van der Waals surface area contributed by atoms with E-state index in [1.165, 1.54) is 0 Å². The molecule has 2 aromatic carbocycles. The first-order valence-electron chi connectivity index (χ1n) is 11.2. The molecule has 4 heterocycles. The third kappa shape index (κ3) is 3.78. The number of hydrogen-bond acceptors (Lipinski definition) is 5. The number of methoxy groups -OCH3 is 1. The molecule has 1 unspecified atom stereocenters. The van der Waals surface area contributed by atoms with Crippen molar-refractivity contribution in [2.24, 2.45) is 11.8 Å². The summed E-state index contributed by atoms with van der Waals surface area (Å²) in [6.45, 7) is 6.03. The lowest BCUT2D eigenvalue weighted by molar-refractivity contribution is -0.0568. The first-order valence-corrected chi connectivity index (χ1v) is 11.2. The fraction of sp³-hybridized carbons (Fsp3) is 0.333. The van der Waals surface area contributed by atoms with Gasteiger partial charge in [-0.25, -0.2) is 4.79 Å². The Morgan fingerprint density at radius 3 is 2.78 bits per heavy atom. The third-order valence-corrected chi connectivity index (χ3v) is 7.04. The van der Waals surface area contributed by atoms with Crippen LogP contribution in [0.15, 0.2) is 73.4 Å². The molecule has 0 N–H and O–H groups in total. The summed E-state index contributed by atoms with van der Waals surface area (Å²) < 4.78 is 11.8. The SMILES string of the molecule is C=C[C@H]1CN2CC[C@H]1C[C@H]2[C@H](OC(=O)c1ccccc1)c1ccnc2ccc(OC)cc12. The summed E-state index contributed by atoms with van der Waals surface area (Å²) in [6, 6.07) is 17.2. The number of ether oxygens (including phenoxy) is 2. The lowest BCUT2D eigenvalue weighted by Crippen LogP contribution is -2.55. The van der Waals surface area contributed by atoms with Crippen molar-refractivity contribution in [1.82, 2.24) is 9.88 Å². The number of hydrogen-bond donors (Lipinski definition) is 0. The second-order valence-electron chi connectivity index (χ2n) is 8.72. The predicted molar refractivity (Wildman–Crippen MR) is 125 cm³/mol. The Kier molecular flexibility index (Phi) is 5.66. The molecule has 1 aromatic heterocycles. The topological polar surface area (TPSA) is 51.7 Å². The Morgan fingerprint density at radius 1 is 1.22 bits per heavy atom. The highest BCUT2D eigenvalue weighted by Gasteiger charge is 2.44. The van der Waals surface area contributed by atoms with Gasteiger partial charge in [-0.1, -0.05) is 24.3 Å². The lowest BCUT2D eigenvalue weighted by atomic mass is 9.73. The largest absolute Gasteiger partial charge is 0.497 e. The minimum absolute atomic E-state index is 0.120. The van der Waals surface area contributed by atoms with E-state index in [1.54, 1.807) is 25.4 Å². The molecule has 3 aliphatic rings. The summed E-state index contributed by atoms with van der Waals surface area (Å²) in [5, 5.41) is 0.959. The van der Waals surface area contributed by atoms with Crippen LogP contribution in [0.4, 0.5) is 0 Å². The minimum atomic E-state index is -0.395. The molecule has 3 fully saturated rings. The van der Waals surface area contributed by atoms with E-state index in [-0.39, 0.29) is 12.0 Å². The van der Waals surface area contributed by atoms with Gasteiger partial charge in [-0.15, -0.1) is 6.58 Å². The molecule has 3 aromatic rings. The monoisotopic (exact) mass is 428 g/mol. The molecule has 3 aliphatic heterocycles. The summed E-state index contributed by atoms with van der Waals surface area (Å²) in [4.78, 5) is 20.2. The van der Waals surface area contributed by atoms with Gasteiger partial charge in [0.2, 0.25) is 0 Å². The maximum Gasteiger partial charge on any atom is 0.338 e. The van der Waals surface area contributed by atoms with Crippen molar-refractivity contribution >= 4 is 16.9 Å². The molecular weight excluding hydrogens is 400 g/mol. The second kappa shape index (κ2) is 8.75. The first-order chi connectivity index (χ1) is 15.7. The highest BCUT2D eigenvalue weighted by Crippen LogP contribution is 2.43. The number of nitrogens with zero attached hydrogens (tertiary/aromatic N) is 2. The van der Waals surface area contributed by atoms with Crippen LogP contribution in [0.2, 0.25) is 0 Å². The number of esters is 1. The zero-order valence-corrected chi connectivity index (χ0v) is 18.3. The van der Waals surface area contributed by atoms with Gasteiger partial charge in [-0.05, 0) is 67.6 Å². The number of carbonyl (C=O) groups excluding carboxylic acids is 1. The molecule has 0 amide bonds. The average Bonchev–Trinajstić information content (AvgIpc) is 2.87. The summed E-state index contributed by atoms with van der Waals surface area (Å²) in [5.41, 5.74) is 2.41. The zero-order valence-electron chi connectivity index (χ0n) is 18.3. The summed E-state index contributed by atoms with van der Waals surface area (Å²) in [6.07, 6.45) is 5.64. The maximum atomic E-state index is 13.2. The molecular formula is C27H28N2O3. The van der Waals surface area contributed by atoms with Crippen molar-refractivity contribution in [3.05, 3.63) is 84.6 Å². The van der Waals surface area contributed by atoms with Crippen molar-refractivity contribution < 1.29 is 14.3 Å². The fourth-order valence-electron chi connectivity index (χ4n) is 5.32. The molecule has 5 atom stereocenters. The molecule has 5 heteroatoms. The quantitative estimate of drug-likeness (QED) is 0.407. The highest BCUT2D eigenvalue weighted by atomic mass is 16.5. The Morgan fingerprint density at radius 2 is 2.06 bits per heavy atom. The van der Waals surface area contributed by atoms with Gasteiger partial charge >= 0.3 is 5.97 Å². The van der Waals surface area contributed by atoms with Crippen LogP contribution >= 0.6 is 0 Å². The molecule has 5 nitrogen and oxygen atoms in total. The normalized spacial score (nSPS) is 25.3. The van der Waals surface area contributed by atoms with E-state index in [2.05, 4.69) is 22.5 Å². The minimum Gasteiger partial charge on any atom is -0.497 e. The van der Waals surface area contributed by atoms with Gasteiger partial charge < -0.3 is 9.47 Å². The van der Waals surface area contributed by atoms with Crippen molar-refractivity contribution in [2.45, 2.75) is 25.0 Å². The number of piperidine rings is 3. The Balaban J connectivity index is 1.57. The fourth-order valence-corrected chi connectivity index (χ4v) is 5.32. The standard InChI is InChI=1S/C27H28N2O3/c1-3-18-17-29-14-12-20(18)15-25(29)26(32-27(30)19-7-5-4-6-8-19)22-11-13-28-24-10-9-21(31-2)16-23(22)24/h3-11,13,16,18,20,25-26H,1,12,14-15,17H2,2H3/t18-,20-,25-,26+/m0/s1. The van der Waals surface area contributed by atoms with Crippen LogP contribution in [0.3, 0.4) is 0 Å². The van der Waals surface area contributed by atoms with Crippen LogP contribution in [0.5, 0.6) is 5.75 Å². The molecule has 0 spiro atoms. The molecule has 2 bridgehead atoms. The lowest BCUT2D eigenvalue weighted by Gasteiger charge is -2.51. The van der Waals surface area contributed by atoms with Gasteiger partial charge in [0.15, 0.2) is 0 Å². The Hall–Kier alpha value is -3.18. The zero-order chi connectivity index (χ0) is 22.1. The number of aromatic nitrogens is 1. The molecule has 6 rings (SSSR count). The highest BCUT2D eigenvalue weighted by molar-refractivity contribution is 5.90.